The van der Waals surface area contributed by atoms with Gasteiger partial charge in [0.1, 0.15) is 5.82 Å². The van der Waals surface area contributed by atoms with Crippen molar-refractivity contribution in [1.82, 2.24) is 14.9 Å². The van der Waals surface area contributed by atoms with Gasteiger partial charge in [-0.05, 0) is 54.3 Å². The smallest absolute Gasteiger partial charge is 0.262 e. The zero-order valence-electron chi connectivity index (χ0n) is 19.7. The maximum atomic E-state index is 14.2. The fourth-order valence-corrected chi connectivity index (χ4v) is 5.20. The molecular weight excluding hydrogens is 477 g/mol. The van der Waals surface area contributed by atoms with Crippen LogP contribution >= 0.6 is 11.8 Å². The van der Waals surface area contributed by atoms with Crippen molar-refractivity contribution in [3.05, 3.63) is 106 Å². The number of benzene rings is 3. The van der Waals surface area contributed by atoms with E-state index in [1.54, 1.807) is 47.0 Å². The third kappa shape index (κ3) is 5.50. The highest BCUT2D eigenvalue weighted by Crippen LogP contribution is 2.24. The van der Waals surface area contributed by atoms with E-state index < -0.39 is 0 Å². The van der Waals surface area contributed by atoms with Crippen molar-refractivity contribution in [2.24, 2.45) is 0 Å². The minimum atomic E-state index is -0.284. The molecule has 1 aromatic heterocycles. The molecule has 1 N–H and O–H groups in total. The van der Waals surface area contributed by atoms with E-state index in [9.17, 15) is 14.0 Å². The van der Waals surface area contributed by atoms with Crippen LogP contribution in [0.5, 0.6) is 0 Å². The molecule has 1 fully saturated rings. The average molecular weight is 504 g/mol. The lowest BCUT2D eigenvalue weighted by Crippen LogP contribution is -2.31. The quantitative estimate of drug-likeness (QED) is 0.277. The Morgan fingerprint density at radius 3 is 2.64 bits per heavy atom. The van der Waals surface area contributed by atoms with E-state index in [-0.39, 0.29) is 29.9 Å². The molecule has 8 heteroatoms. The Balaban J connectivity index is 1.37. The molecule has 3 aromatic carbocycles. The SMILES string of the molecule is O=C(NC[C@@H]1CCCO1)c1ccc(Cn2c(SCc3ccccc3F)nc3ccccc3c2=O)cc1. The van der Waals surface area contributed by atoms with E-state index in [2.05, 4.69) is 5.32 Å². The molecule has 36 heavy (non-hydrogen) atoms. The molecule has 0 saturated carbocycles. The summed E-state index contributed by atoms with van der Waals surface area (Å²) in [6.45, 7) is 1.54. The van der Waals surface area contributed by atoms with Crippen LogP contribution in [0, 0.1) is 5.82 Å². The number of amides is 1. The van der Waals surface area contributed by atoms with Crippen LogP contribution in [0.15, 0.2) is 82.7 Å². The molecule has 1 aliphatic rings. The minimum Gasteiger partial charge on any atom is -0.376 e. The standard InChI is InChI=1S/C28H26FN3O3S/c29-24-9-3-1-6-21(24)18-36-28-31-25-10-4-2-8-23(25)27(34)32(28)17-19-11-13-20(14-12-19)26(33)30-16-22-7-5-15-35-22/h1-4,6,8-14,22H,5,7,15-18H2,(H,30,33)/t22-/m0/s1. The van der Waals surface area contributed by atoms with Gasteiger partial charge in [-0.3, -0.25) is 14.2 Å². The van der Waals surface area contributed by atoms with Gasteiger partial charge in [0.15, 0.2) is 5.16 Å². The van der Waals surface area contributed by atoms with Crippen LogP contribution in [-0.2, 0) is 17.0 Å². The first-order valence-corrected chi connectivity index (χ1v) is 12.9. The number of aromatic nitrogens is 2. The largest absolute Gasteiger partial charge is 0.376 e. The second-order valence-corrected chi connectivity index (χ2v) is 9.67. The normalized spacial score (nSPS) is 15.3. The van der Waals surface area contributed by atoms with Crippen LogP contribution in [0.2, 0.25) is 0 Å². The summed E-state index contributed by atoms with van der Waals surface area (Å²) in [6.07, 6.45) is 2.07. The first kappa shape index (κ1) is 24.2. The van der Waals surface area contributed by atoms with Crippen LogP contribution < -0.4 is 10.9 Å². The van der Waals surface area contributed by atoms with Crippen molar-refractivity contribution in [1.29, 1.82) is 0 Å². The molecular formula is C28H26FN3O3S. The van der Waals surface area contributed by atoms with Crippen molar-refractivity contribution in [3.63, 3.8) is 0 Å². The maximum absolute atomic E-state index is 14.2. The van der Waals surface area contributed by atoms with Gasteiger partial charge in [-0.25, -0.2) is 9.37 Å². The van der Waals surface area contributed by atoms with Gasteiger partial charge in [-0.1, -0.05) is 54.2 Å². The van der Waals surface area contributed by atoms with E-state index in [4.69, 9.17) is 9.72 Å². The van der Waals surface area contributed by atoms with Gasteiger partial charge < -0.3 is 10.1 Å². The highest BCUT2D eigenvalue weighted by molar-refractivity contribution is 7.98. The number of hydrogen-bond acceptors (Lipinski definition) is 5. The molecule has 1 saturated heterocycles. The molecule has 0 bridgehead atoms. The van der Waals surface area contributed by atoms with Crippen molar-refractivity contribution < 1.29 is 13.9 Å². The lowest BCUT2D eigenvalue weighted by atomic mass is 10.1. The number of fused-ring (bicyclic) bond motifs is 1. The van der Waals surface area contributed by atoms with Gasteiger partial charge in [0, 0.05) is 24.5 Å². The molecule has 6 nitrogen and oxygen atoms in total. The fourth-order valence-electron chi connectivity index (χ4n) is 4.21. The fraction of sp³-hybridized carbons (Fsp3) is 0.250. The summed E-state index contributed by atoms with van der Waals surface area (Å²) in [4.78, 5) is 30.6. The number of halogens is 1. The number of ether oxygens (including phenoxy) is 1. The van der Waals surface area contributed by atoms with Gasteiger partial charge in [0.2, 0.25) is 0 Å². The monoisotopic (exact) mass is 503 g/mol. The Bertz CT molecular complexity index is 1430. The summed E-state index contributed by atoms with van der Waals surface area (Å²) in [6, 6.07) is 21.0. The maximum Gasteiger partial charge on any atom is 0.262 e. The van der Waals surface area contributed by atoms with Crippen molar-refractivity contribution in [2.75, 3.05) is 13.2 Å². The third-order valence-electron chi connectivity index (χ3n) is 6.21. The number of hydrogen-bond donors (Lipinski definition) is 1. The zero-order chi connectivity index (χ0) is 24.9. The van der Waals surface area contributed by atoms with Gasteiger partial charge in [0.25, 0.3) is 11.5 Å². The number of thioether (sulfide) groups is 1. The highest BCUT2D eigenvalue weighted by atomic mass is 32.2. The Morgan fingerprint density at radius 2 is 1.86 bits per heavy atom. The first-order valence-electron chi connectivity index (χ1n) is 11.9. The van der Waals surface area contributed by atoms with Crippen LogP contribution in [0.3, 0.4) is 0 Å². The summed E-state index contributed by atoms with van der Waals surface area (Å²) in [5.74, 6) is -0.0860. The lowest BCUT2D eigenvalue weighted by molar-refractivity contribution is 0.0858. The van der Waals surface area contributed by atoms with E-state index in [0.717, 1.165) is 25.0 Å². The minimum absolute atomic E-state index is 0.0841. The Labute approximate surface area is 212 Å². The molecule has 4 aromatic rings. The number of para-hydroxylation sites is 1. The lowest BCUT2D eigenvalue weighted by Gasteiger charge is -2.14. The molecule has 1 aliphatic heterocycles. The van der Waals surface area contributed by atoms with Gasteiger partial charge in [-0.2, -0.15) is 0 Å². The van der Waals surface area contributed by atoms with Crippen molar-refractivity contribution >= 4 is 28.6 Å². The van der Waals surface area contributed by atoms with Gasteiger partial charge in [0.05, 0.1) is 23.6 Å². The molecule has 0 unspecified atom stereocenters. The zero-order valence-corrected chi connectivity index (χ0v) is 20.5. The first-order chi connectivity index (χ1) is 17.6. The van der Waals surface area contributed by atoms with E-state index >= 15 is 0 Å². The third-order valence-corrected chi connectivity index (χ3v) is 7.24. The predicted molar refractivity (Wildman–Crippen MR) is 139 cm³/mol. The second kappa shape index (κ2) is 11.1. The van der Waals surface area contributed by atoms with Crippen LogP contribution in [-0.4, -0.2) is 34.7 Å². The predicted octanol–water partition coefficient (Wildman–Crippen LogP) is 4.79. The molecule has 0 radical (unpaired) electrons. The number of carbonyl (C=O) groups excluding carboxylic acids is 1. The Morgan fingerprint density at radius 1 is 1.08 bits per heavy atom. The van der Waals surface area contributed by atoms with Crippen LogP contribution in [0.1, 0.15) is 34.3 Å². The van der Waals surface area contributed by atoms with Gasteiger partial charge >= 0.3 is 0 Å². The highest BCUT2D eigenvalue weighted by Gasteiger charge is 2.17. The van der Waals surface area contributed by atoms with E-state index in [0.29, 0.717) is 39.5 Å². The number of carbonyl (C=O) groups is 1. The summed E-state index contributed by atoms with van der Waals surface area (Å²) in [7, 11) is 0. The number of nitrogens with one attached hydrogen (secondary N) is 1. The number of rotatable bonds is 8. The Kier molecular flexibility index (Phi) is 7.44. The summed E-state index contributed by atoms with van der Waals surface area (Å²) in [5.41, 5.74) is 2.41. The van der Waals surface area contributed by atoms with E-state index in [1.165, 1.54) is 17.8 Å². The molecule has 0 spiro atoms. The number of nitrogens with zero attached hydrogens (tertiary/aromatic N) is 2. The molecule has 2 heterocycles. The van der Waals surface area contributed by atoms with Crippen molar-refractivity contribution in [2.45, 2.75) is 36.4 Å². The average Bonchev–Trinajstić information content (AvgIpc) is 3.43. The molecule has 184 valence electrons. The van der Waals surface area contributed by atoms with Crippen molar-refractivity contribution in [3.8, 4) is 0 Å². The topological polar surface area (TPSA) is 73.2 Å². The summed E-state index contributed by atoms with van der Waals surface area (Å²) >= 11 is 1.33. The summed E-state index contributed by atoms with van der Waals surface area (Å²) in [5, 5.41) is 3.96. The molecule has 0 aliphatic carbocycles. The van der Waals surface area contributed by atoms with Crippen LogP contribution in [0.4, 0.5) is 4.39 Å². The molecule has 1 amide bonds. The van der Waals surface area contributed by atoms with Crippen LogP contribution in [0.25, 0.3) is 10.9 Å². The second-order valence-electron chi connectivity index (χ2n) is 8.72. The Hall–Kier alpha value is -3.49. The summed E-state index contributed by atoms with van der Waals surface area (Å²) < 4.78 is 21.3. The van der Waals surface area contributed by atoms with Gasteiger partial charge in [-0.15, -0.1) is 0 Å². The van der Waals surface area contributed by atoms with E-state index in [1.807, 2.05) is 24.3 Å². The molecule has 1 atom stereocenters. The molecule has 5 rings (SSSR count).